The SMILES string of the molecule is C#CCOC(COCC(O)CO)COCC(O)CO. The van der Waals surface area contributed by atoms with E-state index in [4.69, 9.17) is 41.1 Å². The molecule has 0 rings (SSSR count). The second-order valence-electron chi connectivity index (χ2n) is 3.88. The molecule has 0 saturated carbocycles. The molecule has 0 aromatic carbocycles. The van der Waals surface area contributed by atoms with Gasteiger partial charge in [0.2, 0.25) is 0 Å². The number of terminal acetylenes is 1. The highest BCUT2D eigenvalue weighted by Gasteiger charge is 2.12. The van der Waals surface area contributed by atoms with Crippen LogP contribution in [0.4, 0.5) is 0 Å². The smallest absolute Gasteiger partial charge is 0.108 e. The van der Waals surface area contributed by atoms with Gasteiger partial charge in [-0.15, -0.1) is 6.42 Å². The number of hydrogen-bond acceptors (Lipinski definition) is 7. The molecule has 0 aliphatic carbocycles. The quantitative estimate of drug-likeness (QED) is 0.298. The summed E-state index contributed by atoms with van der Waals surface area (Å²) in [5, 5.41) is 35.4. The van der Waals surface area contributed by atoms with Gasteiger partial charge >= 0.3 is 0 Å². The van der Waals surface area contributed by atoms with Gasteiger partial charge in [-0.3, -0.25) is 0 Å². The van der Waals surface area contributed by atoms with Gasteiger partial charge < -0.3 is 34.6 Å². The van der Waals surface area contributed by atoms with Crippen LogP contribution in [-0.4, -0.2) is 85.0 Å². The molecule has 0 radical (unpaired) electrons. The van der Waals surface area contributed by atoms with Crippen LogP contribution in [0.3, 0.4) is 0 Å². The van der Waals surface area contributed by atoms with E-state index in [9.17, 15) is 0 Å². The summed E-state index contributed by atoms with van der Waals surface area (Å²) in [5.74, 6) is 2.31. The van der Waals surface area contributed by atoms with Crippen molar-refractivity contribution in [2.24, 2.45) is 0 Å². The van der Waals surface area contributed by atoms with Gasteiger partial charge in [-0.25, -0.2) is 0 Å². The Morgan fingerprint density at radius 3 is 1.74 bits per heavy atom. The lowest BCUT2D eigenvalue weighted by atomic mass is 10.3. The first-order valence-electron chi connectivity index (χ1n) is 5.92. The molecule has 0 aromatic rings. The lowest BCUT2D eigenvalue weighted by Gasteiger charge is -2.18. The van der Waals surface area contributed by atoms with E-state index in [1.54, 1.807) is 0 Å². The molecule has 2 unspecified atom stereocenters. The van der Waals surface area contributed by atoms with Crippen molar-refractivity contribution < 1.29 is 34.6 Å². The van der Waals surface area contributed by atoms with Crippen molar-refractivity contribution in [1.82, 2.24) is 0 Å². The van der Waals surface area contributed by atoms with Crippen LogP contribution in [0.1, 0.15) is 0 Å². The maximum absolute atomic E-state index is 9.09. The van der Waals surface area contributed by atoms with Crippen LogP contribution in [0.25, 0.3) is 0 Å². The van der Waals surface area contributed by atoms with Gasteiger partial charge in [0.15, 0.2) is 0 Å². The average molecular weight is 278 g/mol. The first-order chi connectivity index (χ1) is 9.13. The van der Waals surface area contributed by atoms with E-state index >= 15 is 0 Å². The Kier molecular flexibility index (Phi) is 11.9. The van der Waals surface area contributed by atoms with Crippen molar-refractivity contribution in [3.63, 3.8) is 0 Å². The lowest BCUT2D eigenvalue weighted by Crippen LogP contribution is -2.31. The van der Waals surface area contributed by atoms with E-state index in [2.05, 4.69) is 5.92 Å². The largest absolute Gasteiger partial charge is 0.394 e. The highest BCUT2D eigenvalue weighted by Crippen LogP contribution is 1.97. The molecule has 7 nitrogen and oxygen atoms in total. The van der Waals surface area contributed by atoms with Crippen molar-refractivity contribution in [3.05, 3.63) is 0 Å². The monoisotopic (exact) mass is 278 g/mol. The summed E-state index contributed by atoms with van der Waals surface area (Å²) in [6.07, 6.45) is 2.74. The third-order valence-corrected chi connectivity index (χ3v) is 2.05. The third kappa shape index (κ3) is 10.9. The topological polar surface area (TPSA) is 109 Å². The minimum absolute atomic E-state index is 0.0221. The van der Waals surface area contributed by atoms with Crippen LogP contribution < -0.4 is 0 Å². The minimum atomic E-state index is -0.939. The normalized spacial score (nSPS) is 15.7. The Morgan fingerprint density at radius 2 is 1.37 bits per heavy atom. The van der Waals surface area contributed by atoms with E-state index in [-0.39, 0.29) is 46.2 Å². The van der Waals surface area contributed by atoms with Crippen molar-refractivity contribution in [3.8, 4) is 12.3 Å². The summed E-state index contributed by atoms with van der Waals surface area (Å²) < 4.78 is 15.5. The van der Waals surface area contributed by atoms with Gasteiger partial charge in [-0.05, 0) is 0 Å². The molecule has 4 N–H and O–H groups in total. The Morgan fingerprint density at radius 1 is 0.895 bits per heavy atom. The molecule has 0 fully saturated rings. The van der Waals surface area contributed by atoms with Crippen molar-refractivity contribution in [1.29, 1.82) is 0 Å². The molecular weight excluding hydrogens is 256 g/mol. The van der Waals surface area contributed by atoms with Crippen molar-refractivity contribution in [2.75, 3.05) is 46.2 Å². The highest BCUT2D eigenvalue weighted by molar-refractivity contribution is 4.83. The molecule has 0 spiro atoms. The van der Waals surface area contributed by atoms with Crippen LogP contribution in [0.15, 0.2) is 0 Å². The number of aliphatic hydroxyl groups is 4. The molecule has 2 atom stereocenters. The van der Waals surface area contributed by atoms with E-state index in [1.807, 2.05) is 0 Å². The van der Waals surface area contributed by atoms with Crippen LogP contribution in [0, 0.1) is 12.3 Å². The molecule has 19 heavy (non-hydrogen) atoms. The summed E-state index contributed by atoms with van der Waals surface area (Å²) in [7, 11) is 0. The Labute approximate surface area is 112 Å². The maximum atomic E-state index is 9.09. The molecule has 7 heteroatoms. The van der Waals surface area contributed by atoms with Gasteiger partial charge in [0, 0.05) is 0 Å². The van der Waals surface area contributed by atoms with Gasteiger partial charge in [0.25, 0.3) is 0 Å². The molecule has 0 aliphatic rings. The van der Waals surface area contributed by atoms with Crippen LogP contribution in [0.5, 0.6) is 0 Å². The van der Waals surface area contributed by atoms with Crippen LogP contribution >= 0.6 is 0 Å². The van der Waals surface area contributed by atoms with Crippen molar-refractivity contribution >= 4 is 0 Å². The second kappa shape index (κ2) is 12.3. The number of ether oxygens (including phenoxy) is 3. The predicted octanol–water partition coefficient (Wildman–Crippen LogP) is -2.26. The van der Waals surface area contributed by atoms with Gasteiger partial charge in [-0.2, -0.15) is 0 Å². The molecule has 0 aliphatic heterocycles. The first kappa shape index (κ1) is 18.3. The Hall–Kier alpha value is -0.720. The summed E-state index contributed by atoms with van der Waals surface area (Å²) in [6.45, 7) is -0.452. The van der Waals surface area contributed by atoms with Gasteiger partial charge in [0.05, 0.1) is 39.6 Å². The first-order valence-corrected chi connectivity index (χ1v) is 5.92. The lowest BCUT2D eigenvalue weighted by molar-refractivity contribution is -0.0812. The van der Waals surface area contributed by atoms with E-state index in [1.165, 1.54) is 0 Å². The molecule has 0 heterocycles. The zero-order chi connectivity index (χ0) is 14.5. The van der Waals surface area contributed by atoms with Gasteiger partial charge in [-0.1, -0.05) is 5.92 Å². The molecule has 0 aromatic heterocycles. The Balaban J connectivity index is 3.84. The number of hydrogen-bond donors (Lipinski definition) is 4. The fraction of sp³-hybridized carbons (Fsp3) is 0.833. The Bertz CT molecular complexity index is 225. The minimum Gasteiger partial charge on any atom is -0.394 e. The molecule has 0 bridgehead atoms. The third-order valence-electron chi connectivity index (χ3n) is 2.05. The fourth-order valence-corrected chi connectivity index (χ4v) is 1.09. The van der Waals surface area contributed by atoms with Crippen molar-refractivity contribution in [2.45, 2.75) is 18.3 Å². The average Bonchev–Trinajstić information content (AvgIpc) is 2.43. The number of aliphatic hydroxyl groups excluding tert-OH is 4. The zero-order valence-electron chi connectivity index (χ0n) is 10.8. The summed E-state index contributed by atoms with van der Waals surface area (Å²) in [4.78, 5) is 0. The summed E-state index contributed by atoms with van der Waals surface area (Å²) in [5.41, 5.74) is 0. The molecule has 0 saturated heterocycles. The molecule has 112 valence electrons. The molecular formula is C12H22O7. The van der Waals surface area contributed by atoms with E-state index < -0.39 is 18.3 Å². The van der Waals surface area contributed by atoms with Crippen LogP contribution in [-0.2, 0) is 14.2 Å². The second-order valence-corrected chi connectivity index (χ2v) is 3.88. The zero-order valence-corrected chi connectivity index (χ0v) is 10.8. The van der Waals surface area contributed by atoms with Crippen LogP contribution in [0.2, 0.25) is 0 Å². The van der Waals surface area contributed by atoms with E-state index in [0.717, 1.165) is 0 Å². The maximum Gasteiger partial charge on any atom is 0.108 e. The van der Waals surface area contributed by atoms with Gasteiger partial charge in [0.1, 0.15) is 24.9 Å². The standard InChI is InChI=1S/C12H22O7/c1-2-3-19-12(8-17-6-10(15)4-13)9-18-7-11(16)5-14/h1,10-16H,3-9H2. The van der Waals surface area contributed by atoms with E-state index in [0.29, 0.717) is 0 Å². The summed E-state index contributed by atoms with van der Waals surface area (Å²) in [6, 6.07) is 0. The predicted molar refractivity (Wildman–Crippen MR) is 66.4 cm³/mol. The summed E-state index contributed by atoms with van der Waals surface area (Å²) >= 11 is 0. The molecule has 0 amide bonds. The number of rotatable bonds is 12. The highest BCUT2D eigenvalue weighted by atomic mass is 16.6. The fourth-order valence-electron chi connectivity index (χ4n) is 1.09.